The number of nitrogens with zero attached hydrogens (tertiary/aromatic N) is 2. The van der Waals surface area contributed by atoms with Crippen molar-refractivity contribution in [1.29, 1.82) is 0 Å². The van der Waals surface area contributed by atoms with Gasteiger partial charge in [0.05, 0.1) is 5.69 Å². The number of pyridine rings is 1. The van der Waals surface area contributed by atoms with Crippen LogP contribution in [0.4, 0.5) is 0 Å². The molecule has 20 heavy (non-hydrogen) atoms. The quantitative estimate of drug-likeness (QED) is 0.694. The van der Waals surface area contributed by atoms with Gasteiger partial charge in [-0.15, -0.1) is 0 Å². The average Bonchev–Trinajstić information content (AvgIpc) is 3.00. The summed E-state index contributed by atoms with van der Waals surface area (Å²) in [5.74, 6) is 0.747. The summed E-state index contributed by atoms with van der Waals surface area (Å²) in [7, 11) is 0. The third-order valence-corrected chi connectivity index (χ3v) is 3.64. The highest BCUT2D eigenvalue weighted by molar-refractivity contribution is 7.71. The van der Waals surface area contributed by atoms with Crippen LogP contribution in [0.15, 0.2) is 48.8 Å². The van der Waals surface area contributed by atoms with E-state index < -0.39 is 0 Å². The molecule has 4 rings (SSSR count). The first kappa shape index (κ1) is 11.4. The van der Waals surface area contributed by atoms with E-state index in [1.54, 1.807) is 6.20 Å². The highest BCUT2D eigenvalue weighted by atomic mass is 32.1. The molecule has 0 fully saturated rings. The first-order valence-electron chi connectivity index (χ1n) is 6.31. The fraction of sp³-hybridized carbons (Fsp3) is 0.0667. The molecule has 5 heteroatoms. The second-order valence-electron chi connectivity index (χ2n) is 4.65. The maximum atomic E-state index is 5.75. The lowest BCUT2D eigenvalue weighted by Gasteiger charge is -2.21. The number of aromatic amines is 1. The third kappa shape index (κ3) is 1.75. The highest BCUT2D eigenvalue weighted by Gasteiger charge is 2.18. The van der Waals surface area contributed by atoms with Gasteiger partial charge in [-0.2, -0.15) is 5.10 Å². The van der Waals surface area contributed by atoms with Gasteiger partial charge in [0.1, 0.15) is 11.2 Å². The van der Waals surface area contributed by atoms with Crippen molar-refractivity contribution >= 4 is 12.2 Å². The van der Waals surface area contributed by atoms with Crippen LogP contribution in [-0.2, 0) is 6.61 Å². The van der Waals surface area contributed by atoms with Gasteiger partial charge in [0.25, 0.3) is 0 Å². The van der Waals surface area contributed by atoms with E-state index in [1.807, 2.05) is 29.1 Å². The van der Waals surface area contributed by atoms with Crippen molar-refractivity contribution in [3.8, 4) is 22.7 Å². The fourth-order valence-corrected chi connectivity index (χ4v) is 2.62. The second-order valence-corrected chi connectivity index (χ2v) is 5.09. The summed E-state index contributed by atoms with van der Waals surface area (Å²) in [6, 6.07) is 12.1. The number of hydrogen-bond donors (Lipinski definition) is 1. The summed E-state index contributed by atoms with van der Waals surface area (Å²) in [6.45, 7) is 0.534. The van der Waals surface area contributed by atoms with Gasteiger partial charge in [0.15, 0.2) is 5.88 Å². The highest BCUT2D eigenvalue weighted by Crippen LogP contribution is 2.36. The Bertz CT molecular complexity index is 837. The Morgan fingerprint density at radius 1 is 1.20 bits per heavy atom. The maximum absolute atomic E-state index is 5.75. The van der Waals surface area contributed by atoms with E-state index in [1.165, 1.54) is 5.56 Å². The molecule has 0 unspecified atom stereocenters. The molecule has 4 nitrogen and oxygen atoms in total. The Morgan fingerprint density at radius 2 is 2.10 bits per heavy atom. The SMILES string of the molecule is S=c1ccc2c([nH]1)OCc1cc(-n3cccn3)ccc1-2. The van der Waals surface area contributed by atoms with Crippen LogP contribution < -0.4 is 4.74 Å². The van der Waals surface area contributed by atoms with Crippen LogP contribution in [0, 0.1) is 4.64 Å². The van der Waals surface area contributed by atoms with Crippen LogP contribution in [0.25, 0.3) is 16.8 Å². The monoisotopic (exact) mass is 281 g/mol. The molecule has 3 heterocycles. The van der Waals surface area contributed by atoms with Gasteiger partial charge >= 0.3 is 0 Å². The average molecular weight is 281 g/mol. The zero-order chi connectivity index (χ0) is 13.5. The normalized spacial score (nSPS) is 12.4. The Balaban J connectivity index is 1.87. The van der Waals surface area contributed by atoms with Gasteiger partial charge in [-0.1, -0.05) is 18.3 Å². The molecular weight excluding hydrogens is 270 g/mol. The van der Waals surface area contributed by atoms with Crippen molar-refractivity contribution in [2.24, 2.45) is 0 Å². The van der Waals surface area contributed by atoms with E-state index in [0.717, 1.165) is 22.7 Å². The predicted molar refractivity (Wildman–Crippen MR) is 78.5 cm³/mol. The van der Waals surface area contributed by atoms with E-state index >= 15 is 0 Å². The van der Waals surface area contributed by atoms with Crippen LogP contribution >= 0.6 is 12.2 Å². The van der Waals surface area contributed by atoms with Gasteiger partial charge in [-0.25, -0.2) is 4.68 Å². The molecule has 3 aromatic rings. The number of rotatable bonds is 1. The summed E-state index contributed by atoms with van der Waals surface area (Å²) in [5, 5.41) is 4.25. The molecule has 1 N–H and O–H groups in total. The molecule has 1 aliphatic rings. The van der Waals surface area contributed by atoms with Gasteiger partial charge < -0.3 is 9.72 Å². The summed E-state index contributed by atoms with van der Waals surface area (Å²) in [5.41, 5.74) is 4.40. The van der Waals surface area contributed by atoms with E-state index in [2.05, 4.69) is 28.3 Å². The molecule has 0 aliphatic carbocycles. The summed E-state index contributed by atoms with van der Waals surface area (Å²) >= 11 is 5.12. The number of aromatic nitrogens is 3. The summed E-state index contributed by atoms with van der Waals surface area (Å²) in [4.78, 5) is 3.09. The van der Waals surface area contributed by atoms with Gasteiger partial charge in [0, 0.05) is 18.0 Å². The van der Waals surface area contributed by atoms with Crippen LogP contribution in [0.5, 0.6) is 5.88 Å². The molecule has 0 amide bonds. The molecule has 0 saturated carbocycles. The van der Waals surface area contributed by atoms with E-state index in [4.69, 9.17) is 17.0 Å². The second kappa shape index (κ2) is 4.31. The zero-order valence-electron chi connectivity index (χ0n) is 10.5. The first-order chi connectivity index (χ1) is 9.81. The van der Waals surface area contributed by atoms with Gasteiger partial charge in [0.2, 0.25) is 0 Å². The third-order valence-electron chi connectivity index (χ3n) is 3.40. The van der Waals surface area contributed by atoms with Gasteiger partial charge in [-0.3, -0.25) is 0 Å². The molecule has 0 atom stereocenters. The van der Waals surface area contributed by atoms with E-state index in [0.29, 0.717) is 11.2 Å². The van der Waals surface area contributed by atoms with E-state index in [-0.39, 0.29) is 0 Å². The lowest BCUT2D eigenvalue weighted by molar-refractivity contribution is 0.289. The zero-order valence-corrected chi connectivity index (χ0v) is 11.4. The molecule has 0 bridgehead atoms. The van der Waals surface area contributed by atoms with Crippen molar-refractivity contribution in [3.63, 3.8) is 0 Å². The van der Waals surface area contributed by atoms with Crippen LogP contribution in [0.3, 0.4) is 0 Å². The molecular formula is C15H11N3OS. The lowest BCUT2D eigenvalue weighted by atomic mass is 9.98. The molecule has 1 aliphatic heterocycles. The number of fused-ring (bicyclic) bond motifs is 3. The smallest absolute Gasteiger partial charge is 0.200 e. The maximum Gasteiger partial charge on any atom is 0.200 e. The summed E-state index contributed by atoms with van der Waals surface area (Å²) in [6.07, 6.45) is 3.70. The van der Waals surface area contributed by atoms with Crippen molar-refractivity contribution in [3.05, 3.63) is 59.0 Å². The molecule has 2 aromatic heterocycles. The number of nitrogens with one attached hydrogen (secondary N) is 1. The summed E-state index contributed by atoms with van der Waals surface area (Å²) < 4.78 is 8.27. The Labute approximate surface area is 120 Å². The largest absolute Gasteiger partial charge is 0.474 e. The molecule has 1 aromatic carbocycles. The Morgan fingerprint density at radius 3 is 2.95 bits per heavy atom. The standard InChI is InChI=1S/C15H11N3OS/c20-14-5-4-13-12-3-2-11(18-7-1-6-16-18)8-10(12)9-19-15(13)17-14/h1-8H,9H2,(H,17,20). The molecule has 0 spiro atoms. The van der Waals surface area contributed by atoms with Crippen molar-refractivity contribution in [2.45, 2.75) is 6.61 Å². The lowest BCUT2D eigenvalue weighted by Crippen LogP contribution is -2.08. The Kier molecular flexibility index (Phi) is 2.47. The van der Waals surface area contributed by atoms with Crippen molar-refractivity contribution in [1.82, 2.24) is 14.8 Å². The van der Waals surface area contributed by atoms with Crippen LogP contribution in [-0.4, -0.2) is 14.8 Å². The molecule has 0 radical (unpaired) electrons. The minimum Gasteiger partial charge on any atom is -0.474 e. The van der Waals surface area contributed by atoms with Gasteiger partial charge in [-0.05, 0) is 41.5 Å². The van der Waals surface area contributed by atoms with E-state index in [9.17, 15) is 0 Å². The molecule has 98 valence electrons. The Hall–Kier alpha value is -2.40. The first-order valence-corrected chi connectivity index (χ1v) is 6.71. The fourth-order valence-electron chi connectivity index (χ4n) is 2.46. The number of benzene rings is 1. The predicted octanol–water partition coefficient (Wildman–Crippen LogP) is 3.49. The topological polar surface area (TPSA) is 42.8 Å². The number of H-pyrrole nitrogens is 1. The number of ether oxygens (including phenoxy) is 1. The number of hydrogen-bond acceptors (Lipinski definition) is 3. The van der Waals surface area contributed by atoms with Crippen molar-refractivity contribution in [2.75, 3.05) is 0 Å². The minimum absolute atomic E-state index is 0.534. The molecule has 0 saturated heterocycles. The minimum atomic E-state index is 0.534. The van der Waals surface area contributed by atoms with Crippen LogP contribution in [0.1, 0.15) is 5.56 Å². The van der Waals surface area contributed by atoms with Crippen LogP contribution in [0.2, 0.25) is 0 Å². The van der Waals surface area contributed by atoms with Crippen molar-refractivity contribution < 1.29 is 4.74 Å².